The molecule has 0 aliphatic heterocycles. The van der Waals surface area contributed by atoms with Crippen LogP contribution in [0.1, 0.15) is 66.6 Å². The normalized spacial score (nSPS) is 14.2. The van der Waals surface area contributed by atoms with Gasteiger partial charge in [0.2, 0.25) is 0 Å². The smallest absolute Gasteiger partial charge is 0.339 e. The molecule has 40 heavy (non-hydrogen) atoms. The number of amides is 1. The first kappa shape index (κ1) is 26.5. The molecule has 1 amide bonds. The number of rotatable bonds is 8. The molecule has 0 saturated heterocycles. The SMILES string of the molecule is O=C(O)c1cc(C(=O)O)c(C(=O)N(Cc2cccc(Oc3ccccc3)c2)[C@H]2CCCc3ccccc32)cc1O. The summed E-state index contributed by atoms with van der Waals surface area (Å²) in [6.45, 7) is 0.129. The van der Waals surface area contributed by atoms with Crippen LogP contribution in [-0.2, 0) is 13.0 Å². The molecule has 4 aromatic rings. The predicted molar refractivity (Wildman–Crippen MR) is 147 cm³/mol. The molecule has 0 bridgehead atoms. The van der Waals surface area contributed by atoms with Crippen molar-refractivity contribution in [3.63, 3.8) is 0 Å². The molecule has 4 aromatic carbocycles. The summed E-state index contributed by atoms with van der Waals surface area (Å²) in [5, 5.41) is 29.6. The number of para-hydroxylation sites is 1. The summed E-state index contributed by atoms with van der Waals surface area (Å²) in [7, 11) is 0. The van der Waals surface area contributed by atoms with Crippen molar-refractivity contribution in [1.29, 1.82) is 0 Å². The molecule has 1 aliphatic carbocycles. The van der Waals surface area contributed by atoms with E-state index in [9.17, 15) is 29.7 Å². The first-order chi connectivity index (χ1) is 19.3. The van der Waals surface area contributed by atoms with Crippen LogP contribution >= 0.6 is 0 Å². The number of ether oxygens (including phenoxy) is 1. The molecule has 8 heteroatoms. The Hall–Kier alpha value is -5.11. The number of benzene rings is 4. The molecule has 0 fully saturated rings. The minimum absolute atomic E-state index is 0.129. The van der Waals surface area contributed by atoms with Crippen LogP contribution < -0.4 is 4.74 Å². The Kier molecular flexibility index (Phi) is 7.50. The molecular weight excluding hydrogens is 510 g/mol. The van der Waals surface area contributed by atoms with Crippen LogP contribution in [0.5, 0.6) is 17.2 Å². The third-order valence-electron chi connectivity index (χ3n) is 7.03. The number of carboxylic acids is 2. The molecule has 0 radical (unpaired) electrons. The van der Waals surface area contributed by atoms with Crippen LogP contribution in [0.15, 0.2) is 91.0 Å². The van der Waals surface area contributed by atoms with Gasteiger partial charge in [0, 0.05) is 6.54 Å². The van der Waals surface area contributed by atoms with Gasteiger partial charge in [0.25, 0.3) is 5.91 Å². The van der Waals surface area contributed by atoms with Crippen LogP contribution in [0.25, 0.3) is 0 Å². The molecule has 0 saturated carbocycles. The van der Waals surface area contributed by atoms with E-state index in [1.807, 2.05) is 78.9 Å². The highest BCUT2D eigenvalue weighted by Gasteiger charge is 2.33. The number of aryl methyl sites for hydroxylation is 1. The van der Waals surface area contributed by atoms with Gasteiger partial charge in [-0.2, -0.15) is 0 Å². The fourth-order valence-electron chi connectivity index (χ4n) is 5.17. The lowest BCUT2D eigenvalue weighted by Crippen LogP contribution is -2.37. The maximum atomic E-state index is 14.2. The molecule has 0 unspecified atom stereocenters. The maximum absolute atomic E-state index is 14.2. The van der Waals surface area contributed by atoms with Crippen molar-refractivity contribution in [2.45, 2.75) is 31.8 Å². The first-order valence-corrected chi connectivity index (χ1v) is 12.9. The van der Waals surface area contributed by atoms with E-state index in [1.165, 1.54) is 0 Å². The van der Waals surface area contributed by atoms with Crippen molar-refractivity contribution >= 4 is 17.8 Å². The van der Waals surface area contributed by atoms with Gasteiger partial charge < -0.3 is 25.0 Å². The topological polar surface area (TPSA) is 124 Å². The average molecular weight is 538 g/mol. The minimum Gasteiger partial charge on any atom is -0.507 e. The lowest BCUT2D eigenvalue weighted by atomic mass is 9.86. The second-order valence-corrected chi connectivity index (χ2v) is 9.63. The Labute approximate surface area is 230 Å². The average Bonchev–Trinajstić information content (AvgIpc) is 2.95. The summed E-state index contributed by atoms with van der Waals surface area (Å²) in [5.41, 5.74) is 1.48. The van der Waals surface area contributed by atoms with Crippen LogP contribution in [0.3, 0.4) is 0 Å². The third-order valence-corrected chi connectivity index (χ3v) is 7.03. The number of aromatic carboxylic acids is 2. The number of nitrogens with zero attached hydrogens (tertiary/aromatic N) is 1. The van der Waals surface area contributed by atoms with E-state index in [0.717, 1.165) is 41.7 Å². The van der Waals surface area contributed by atoms with E-state index in [4.69, 9.17) is 4.74 Å². The Morgan fingerprint density at radius 3 is 2.23 bits per heavy atom. The summed E-state index contributed by atoms with van der Waals surface area (Å²) in [6.07, 6.45) is 2.35. The van der Waals surface area contributed by atoms with Crippen LogP contribution in [0.4, 0.5) is 0 Å². The number of carbonyl (C=O) groups excluding carboxylic acids is 1. The third kappa shape index (κ3) is 5.51. The molecule has 0 spiro atoms. The van der Waals surface area contributed by atoms with Crippen molar-refractivity contribution in [2.75, 3.05) is 0 Å². The Balaban J connectivity index is 1.57. The lowest BCUT2D eigenvalue weighted by Gasteiger charge is -2.36. The minimum atomic E-state index is -1.49. The summed E-state index contributed by atoms with van der Waals surface area (Å²) in [6, 6.07) is 25.9. The van der Waals surface area contributed by atoms with Crippen molar-refractivity contribution in [3.05, 3.63) is 124 Å². The van der Waals surface area contributed by atoms with E-state index in [-0.39, 0.29) is 18.2 Å². The number of hydrogen-bond donors (Lipinski definition) is 3. The van der Waals surface area contributed by atoms with Crippen molar-refractivity contribution in [1.82, 2.24) is 4.90 Å². The summed E-state index contributed by atoms with van der Waals surface area (Å²) < 4.78 is 5.98. The fraction of sp³-hybridized carbons (Fsp3) is 0.156. The number of hydrogen-bond acceptors (Lipinski definition) is 5. The van der Waals surface area contributed by atoms with Gasteiger partial charge in [0.15, 0.2) is 0 Å². The molecular formula is C32H27NO7. The van der Waals surface area contributed by atoms with E-state index in [2.05, 4.69) is 0 Å². The molecule has 1 aliphatic rings. The molecule has 0 heterocycles. The fourth-order valence-corrected chi connectivity index (χ4v) is 5.17. The quantitative estimate of drug-likeness (QED) is 0.241. The lowest BCUT2D eigenvalue weighted by molar-refractivity contribution is 0.0613. The van der Waals surface area contributed by atoms with Crippen LogP contribution in [-0.4, -0.2) is 38.1 Å². The number of phenols is 1. The second-order valence-electron chi connectivity index (χ2n) is 9.63. The number of carbonyl (C=O) groups is 3. The largest absolute Gasteiger partial charge is 0.507 e. The van der Waals surface area contributed by atoms with Crippen LogP contribution in [0, 0.1) is 0 Å². The van der Waals surface area contributed by atoms with Gasteiger partial charge in [0.1, 0.15) is 22.8 Å². The van der Waals surface area contributed by atoms with Crippen LogP contribution in [0.2, 0.25) is 0 Å². The number of aromatic hydroxyl groups is 1. The van der Waals surface area contributed by atoms with Gasteiger partial charge in [0.05, 0.1) is 17.2 Å². The van der Waals surface area contributed by atoms with E-state index in [1.54, 1.807) is 4.90 Å². The van der Waals surface area contributed by atoms with Gasteiger partial charge in [-0.3, -0.25) is 4.79 Å². The van der Waals surface area contributed by atoms with E-state index >= 15 is 0 Å². The zero-order chi connectivity index (χ0) is 28.2. The first-order valence-electron chi connectivity index (χ1n) is 12.9. The zero-order valence-corrected chi connectivity index (χ0v) is 21.5. The molecule has 202 valence electrons. The van der Waals surface area contributed by atoms with Gasteiger partial charge in [-0.25, -0.2) is 9.59 Å². The molecule has 1 atom stereocenters. The summed E-state index contributed by atoms with van der Waals surface area (Å²) in [5.74, 6) is -3.02. The monoisotopic (exact) mass is 537 g/mol. The zero-order valence-electron chi connectivity index (χ0n) is 21.5. The molecule has 3 N–H and O–H groups in total. The predicted octanol–water partition coefficient (Wildman–Crippen LogP) is 6.30. The highest BCUT2D eigenvalue weighted by molar-refractivity contribution is 6.07. The number of fused-ring (bicyclic) bond motifs is 1. The van der Waals surface area contributed by atoms with Gasteiger partial charge in [-0.15, -0.1) is 0 Å². The van der Waals surface area contributed by atoms with Crippen molar-refractivity contribution < 1.29 is 34.4 Å². The van der Waals surface area contributed by atoms with Gasteiger partial charge in [-0.05, 0) is 72.4 Å². The highest BCUT2D eigenvalue weighted by Crippen LogP contribution is 2.37. The van der Waals surface area contributed by atoms with E-state index in [0.29, 0.717) is 17.9 Å². The second kappa shape index (κ2) is 11.3. The molecule has 5 rings (SSSR count). The number of carboxylic acid groups (broad SMARTS) is 2. The maximum Gasteiger partial charge on any atom is 0.339 e. The van der Waals surface area contributed by atoms with Gasteiger partial charge >= 0.3 is 11.9 Å². The molecule has 0 aromatic heterocycles. The Morgan fingerprint density at radius 1 is 0.775 bits per heavy atom. The molecule has 8 nitrogen and oxygen atoms in total. The van der Waals surface area contributed by atoms with Crippen molar-refractivity contribution in [2.24, 2.45) is 0 Å². The summed E-state index contributed by atoms with van der Waals surface area (Å²) in [4.78, 5) is 39.4. The standard InChI is InChI=1S/C32H27NO7/c34-29-18-25(26(31(36)37)17-27(29)32(38)39)30(35)33(28-15-7-10-21-9-4-5-14-24(21)28)19-20-8-6-13-23(16-20)40-22-11-2-1-3-12-22/h1-6,8-9,11-14,16-18,28,34H,7,10,15,19H2,(H,36,37)(H,38,39)/t28-/m0/s1. The summed E-state index contributed by atoms with van der Waals surface area (Å²) >= 11 is 0. The Bertz CT molecular complexity index is 1580. The van der Waals surface area contributed by atoms with Gasteiger partial charge in [-0.1, -0.05) is 54.6 Å². The Morgan fingerprint density at radius 2 is 1.48 bits per heavy atom. The van der Waals surface area contributed by atoms with E-state index < -0.39 is 34.7 Å². The van der Waals surface area contributed by atoms with Crippen molar-refractivity contribution in [3.8, 4) is 17.2 Å². The highest BCUT2D eigenvalue weighted by atomic mass is 16.5.